The van der Waals surface area contributed by atoms with Crippen LogP contribution in [-0.4, -0.2) is 65.6 Å². The Morgan fingerprint density at radius 1 is 0.936 bits per heavy atom. The molecule has 7 rings (SSSR count). The molecule has 0 saturated carbocycles. The molecule has 1 amide bonds. The number of H-pyrrole nitrogens is 1. The number of rotatable bonds is 8. The first-order chi connectivity index (χ1) is 22.8. The van der Waals surface area contributed by atoms with Crippen LogP contribution >= 0.6 is 15.9 Å². The van der Waals surface area contributed by atoms with Crippen molar-refractivity contribution in [2.45, 2.75) is 32.0 Å². The third-order valence-electron chi connectivity index (χ3n) is 7.80. The molecule has 12 nitrogen and oxygen atoms in total. The summed E-state index contributed by atoms with van der Waals surface area (Å²) in [5.41, 5.74) is 11.6. The average molecular weight is 697 g/mol. The lowest BCUT2D eigenvalue weighted by Gasteiger charge is -2.33. The Labute approximate surface area is 279 Å². The maximum atomic E-state index is 13.0. The molecule has 240 valence electrons. The number of aromatic carboxylic acids is 1. The molecule has 4 aromatic heterocycles. The van der Waals surface area contributed by atoms with Gasteiger partial charge in [-0.15, -0.1) is 0 Å². The number of nitrogens with two attached hydrogens (primary N) is 1. The van der Waals surface area contributed by atoms with Crippen LogP contribution in [0.3, 0.4) is 0 Å². The zero-order chi connectivity index (χ0) is 32.8. The number of carboxylic acid groups (broad SMARTS) is 1. The number of pyridine rings is 1. The number of halogens is 1. The van der Waals surface area contributed by atoms with Gasteiger partial charge >= 0.3 is 5.97 Å². The second-order valence-corrected chi connectivity index (χ2v) is 12.2. The Bertz CT molecular complexity index is 1970. The quantitative estimate of drug-likeness (QED) is 0.165. The second kappa shape index (κ2) is 14.4. The highest BCUT2D eigenvalue weighted by molar-refractivity contribution is 9.10. The normalized spacial score (nSPS) is 14.4. The van der Waals surface area contributed by atoms with Gasteiger partial charge in [0.2, 0.25) is 0 Å². The van der Waals surface area contributed by atoms with E-state index in [0.717, 1.165) is 58.3 Å². The number of hydrogen-bond acceptors (Lipinski definition) is 7. The van der Waals surface area contributed by atoms with E-state index in [1.54, 1.807) is 34.2 Å². The molecule has 13 heteroatoms. The standard InChI is InChI=1S/C23H24BrN7O.C11H10N2O2/c24-18-10-26-22-20(21(18)30-8-4-7-17(25)14-30)19(11-27-22)29-23(32)16-9-28-31(13-16)12-15-5-2-1-3-6-15;14-11(15)10-6-12-13(8-10)7-9-4-2-1-3-5-9/h1-3,5-6,9-11,13,17H,4,7-8,12,14,25H2,(H,26,27)(H,29,32);1-6,8H,7H2,(H,14,15)/t17-;/m1./s1. The van der Waals surface area contributed by atoms with Crippen molar-refractivity contribution in [3.05, 3.63) is 125 Å². The number of carbonyl (C=O) groups is 2. The highest BCUT2D eigenvalue weighted by Crippen LogP contribution is 2.39. The Morgan fingerprint density at radius 3 is 2.15 bits per heavy atom. The highest BCUT2D eigenvalue weighted by Gasteiger charge is 2.24. The van der Waals surface area contributed by atoms with E-state index in [1.807, 2.05) is 60.7 Å². The molecule has 2 aromatic carbocycles. The predicted octanol–water partition coefficient (Wildman–Crippen LogP) is 5.38. The fraction of sp³-hybridized carbons (Fsp3) is 0.206. The zero-order valence-electron chi connectivity index (χ0n) is 25.5. The molecule has 1 atom stereocenters. The Kier molecular flexibility index (Phi) is 9.74. The fourth-order valence-corrected chi connectivity index (χ4v) is 6.09. The van der Waals surface area contributed by atoms with Gasteiger partial charge in [-0.3, -0.25) is 14.2 Å². The number of fused-ring (bicyclic) bond motifs is 1. The fourth-order valence-electron chi connectivity index (χ4n) is 5.54. The number of aromatic nitrogens is 6. The maximum absolute atomic E-state index is 13.0. The van der Waals surface area contributed by atoms with Crippen molar-refractivity contribution in [3.63, 3.8) is 0 Å². The largest absolute Gasteiger partial charge is 0.478 e. The molecule has 1 saturated heterocycles. The summed E-state index contributed by atoms with van der Waals surface area (Å²) < 4.78 is 4.25. The van der Waals surface area contributed by atoms with Crippen molar-refractivity contribution in [2.24, 2.45) is 5.73 Å². The number of benzene rings is 2. The van der Waals surface area contributed by atoms with E-state index in [4.69, 9.17) is 10.8 Å². The lowest BCUT2D eigenvalue weighted by Crippen LogP contribution is -2.43. The Balaban J connectivity index is 0.000000215. The number of carboxylic acids is 1. The van der Waals surface area contributed by atoms with Crippen molar-refractivity contribution in [2.75, 3.05) is 23.3 Å². The number of carbonyl (C=O) groups excluding carboxylic acids is 1. The molecule has 0 spiro atoms. The Hall–Kier alpha value is -5.27. The summed E-state index contributed by atoms with van der Waals surface area (Å²) in [6, 6.07) is 19.9. The number of aromatic amines is 1. The van der Waals surface area contributed by atoms with Gasteiger partial charge in [-0.2, -0.15) is 10.2 Å². The van der Waals surface area contributed by atoms with Gasteiger partial charge < -0.3 is 26.0 Å². The van der Waals surface area contributed by atoms with Gasteiger partial charge in [-0.1, -0.05) is 60.7 Å². The third-order valence-corrected chi connectivity index (χ3v) is 8.38. The van der Waals surface area contributed by atoms with Gasteiger partial charge in [-0.25, -0.2) is 9.78 Å². The van der Waals surface area contributed by atoms with E-state index >= 15 is 0 Å². The molecule has 1 fully saturated rings. The maximum Gasteiger partial charge on any atom is 0.338 e. The van der Waals surface area contributed by atoms with Crippen molar-refractivity contribution in [3.8, 4) is 0 Å². The summed E-state index contributed by atoms with van der Waals surface area (Å²) in [5.74, 6) is -1.17. The van der Waals surface area contributed by atoms with Crippen LogP contribution in [0.5, 0.6) is 0 Å². The van der Waals surface area contributed by atoms with Gasteiger partial charge in [0.15, 0.2) is 0 Å². The van der Waals surface area contributed by atoms with E-state index in [2.05, 4.69) is 46.3 Å². The van der Waals surface area contributed by atoms with Crippen LogP contribution in [0.1, 0.15) is 44.7 Å². The van der Waals surface area contributed by atoms with E-state index in [0.29, 0.717) is 24.3 Å². The average Bonchev–Trinajstić information content (AvgIpc) is 3.83. The number of nitrogens with one attached hydrogen (secondary N) is 2. The molecule has 5 N–H and O–H groups in total. The number of piperidine rings is 1. The van der Waals surface area contributed by atoms with Gasteiger partial charge in [0.25, 0.3) is 5.91 Å². The molecular formula is C34H34BrN9O3. The second-order valence-electron chi connectivity index (χ2n) is 11.3. The van der Waals surface area contributed by atoms with Crippen molar-refractivity contribution >= 4 is 50.2 Å². The van der Waals surface area contributed by atoms with Crippen LogP contribution < -0.4 is 16.0 Å². The summed E-state index contributed by atoms with van der Waals surface area (Å²) >= 11 is 3.65. The SMILES string of the molecule is N[C@@H]1CCCN(c2c(Br)cnc3[nH]cc(NC(=O)c4cnn(Cc5ccccc5)c4)c23)C1.O=C(O)c1cnn(Cc2ccccc2)c1. The van der Waals surface area contributed by atoms with Gasteiger partial charge in [-0.05, 0) is 39.9 Å². The smallest absolute Gasteiger partial charge is 0.338 e. The molecule has 0 radical (unpaired) electrons. The summed E-state index contributed by atoms with van der Waals surface area (Å²) in [6.45, 7) is 2.88. The first-order valence-corrected chi connectivity index (χ1v) is 16.0. The molecule has 5 heterocycles. The molecule has 6 aromatic rings. The van der Waals surface area contributed by atoms with Gasteiger partial charge in [0.05, 0.1) is 57.8 Å². The Morgan fingerprint density at radius 2 is 1.55 bits per heavy atom. The van der Waals surface area contributed by atoms with Gasteiger partial charge in [0, 0.05) is 43.9 Å². The summed E-state index contributed by atoms with van der Waals surface area (Å²) in [5, 5.41) is 20.9. The molecule has 0 aliphatic carbocycles. The van der Waals surface area contributed by atoms with Crippen LogP contribution in [-0.2, 0) is 13.1 Å². The van der Waals surface area contributed by atoms with Crippen molar-refractivity contribution in [1.82, 2.24) is 29.5 Å². The number of anilines is 2. The van der Waals surface area contributed by atoms with Crippen molar-refractivity contribution < 1.29 is 14.7 Å². The molecule has 1 aliphatic heterocycles. The van der Waals surface area contributed by atoms with E-state index in [9.17, 15) is 9.59 Å². The minimum absolute atomic E-state index is 0.131. The summed E-state index contributed by atoms with van der Waals surface area (Å²) in [6.07, 6.45) is 11.8. The lowest BCUT2D eigenvalue weighted by atomic mass is 10.1. The summed E-state index contributed by atoms with van der Waals surface area (Å²) in [7, 11) is 0. The third kappa shape index (κ3) is 7.76. The molecule has 0 unspecified atom stereocenters. The molecular weight excluding hydrogens is 662 g/mol. The highest BCUT2D eigenvalue weighted by atomic mass is 79.9. The minimum atomic E-state index is -0.950. The van der Waals surface area contributed by atoms with Crippen LogP contribution in [0.15, 0.2) is 102 Å². The van der Waals surface area contributed by atoms with Gasteiger partial charge in [0.1, 0.15) is 5.65 Å². The topological polar surface area (TPSA) is 160 Å². The number of hydrogen-bond donors (Lipinski definition) is 4. The first-order valence-electron chi connectivity index (χ1n) is 15.2. The number of nitrogens with zero attached hydrogens (tertiary/aromatic N) is 6. The number of amides is 1. The molecule has 47 heavy (non-hydrogen) atoms. The van der Waals surface area contributed by atoms with Crippen molar-refractivity contribution in [1.29, 1.82) is 0 Å². The van der Waals surface area contributed by atoms with Crippen LogP contribution in [0.25, 0.3) is 11.0 Å². The summed E-state index contributed by atoms with van der Waals surface area (Å²) in [4.78, 5) is 33.5. The van der Waals surface area contributed by atoms with Crippen LogP contribution in [0.4, 0.5) is 11.4 Å². The monoisotopic (exact) mass is 695 g/mol. The minimum Gasteiger partial charge on any atom is -0.478 e. The van der Waals surface area contributed by atoms with Crippen LogP contribution in [0.2, 0.25) is 0 Å². The van der Waals surface area contributed by atoms with E-state index in [1.165, 1.54) is 12.4 Å². The predicted molar refractivity (Wildman–Crippen MR) is 184 cm³/mol. The lowest BCUT2D eigenvalue weighted by molar-refractivity contribution is 0.0696. The molecule has 0 bridgehead atoms. The molecule has 1 aliphatic rings. The van der Waals surface area contributed by atoms with E-state index in [-0.39, 0.29) is 17.5 Å². The zero-order valence-corrected chi connectivity index (χ0v) is 27.0. The first kappa shape index (κ1) is 31.7. The van der Waals surface area contributed by atoms with E-state index < -0.39 is 5.97 Å². The van der Waals surface area contributed by atoms with Crippen LogP contribution in [0, 0.1) is 0 Å².